The fourth-order valence-corrected chi connectivity index (χ4v) is 3.55. The summed E-state index contributed by atoms with van der Waals surface area (Å²) in [4.78, 5) is 23.8. The predicted octanol–water partition coefficient (Wildman–Crippen LogP) is 1.70. The van der Waals surface area contributed by atoms with E-state index in [2.05, 4.69) is 15.4 Å². The number of methoxy groups -OCH3 is 1. The molecule has 8 nitrogen and oxygen atoms in total. The largest absolute Gasteiger partial charge is 0.497 e. The van der Waals surface area contributed by atoms with E-state index in [-0.39, 0.29) is 17.1 Å². The van der Waals surface area contributed by atoms with E-state index in [1.165, 1.54) is 25.1 Å². The number of benzene rings is 2. The minimum absolute atomic E-state index is 0.0149. The van der Waals surface area contributed by atoms with Crippen molar-refractivity contribution >= 4 is 33.2 Å². The van der Waals surface area contributed by atoms with Crippen molar-refractivity contribution in [3.05, 3.63) is 48.0 Å². The molecule has 1 aliphatic heterocycles. The molecule has 1 heterocycles. The second-order valence-electron chi connectivity index (χ2n) is 6.08. The lowest BCUT2D eigenvalue weighted by Gasteiger charge is -2.11. The van der Waals surface area contributed by atoms with E-state index in [0.717, 1.165) is 5.56 Å². The first-order chi connectivity index (χ1) is 12.8. The van der Waals surface area contributed by atoms with E-state index in [9.17, 15) is 18.0 Å². The van der Waals surface area contributed by atoms with Crippen LogP contribution < -0.4 is 20.1 Å². The number of nitrogens with one attached hydrogen (secondary N) is 3. The Morgan fingerprint density at radius 2 is 1.63 bits per heavy atom. The van der Waals surface area contributed by atoms with Crippen LogP contribution in [0.2, 0.25) is 0 Å². The van der Waals surface area contributed by atoms with Crippen LogP contribution in [0.5, 0.6) is 5.75 Å². The van der Waals surface area contributed by atoms with Gasteiger partial charge < -0.3 is 15.4 Å². The summed E-state index contributed by atoms with van der Waals surface area (Å²) in [5.74, 6) is -1.13. The van der Waals surface area contributed by atoms with E-state index >= 15 is 0 Å². The number of sulfonamides is 1. The van der Waals surface area contributed by atoms with Crippen LogP contribution in [-0.4, -0.2) is 27.3 Å². The van der Waals surface area contributed by atoms with Gasteiger partial charge in [-0.05, 0) is 42.8 Å². The van der Waals surface area contributed by atoms with Gasteiger partial charge in [0.1, 0.15) is 11.7 Å². The van der Waals surface area contributed by atoms with Crippen molar-refractivity contribution in [2.75, 3.05) is 17.7 Å². The van der Waals surface area contributed by atoms with Gasteiger partial charge in [-0.15, -0.1) is 0 Å². The standard InChI is InChI=1S/C18H19N3O5S/c1-11-17(22)20-15-8-7-14(9-16(15)21-18(11)23)27(24,25)19-10-12-3-5-13(26-2)6-4-12/h3-9,11,19H,10H2,1-2H3,(H,20,22)(H,21,23). The molecule has 0 saturated heterocycles. The quantitative estimate of drug-likeness (QED) is 0.674. The summed E-state index contributed by atoms with van der Waals surface area (Å²) in [6.45, 7) is 1.58. The molecule has 2 amide bonds. The molecule has 1 atom stereocenters. The van der Waals surface area contributed by atoms with E-state index in [1.54, 1.807) is 31.4 Å². The average molecular weight is 389 g/mol. The van der Waals surface area contributed by atoms with Gasteiger partial charge in [0.15, 0.2) is 0 Å². The van der Waals surface area contributed by atoms with E-state index in [4.69, 9.17) is 4.74 Å². The molecule has 0 fully saturated rings. The first-order valence-corrected chi connectivity index (χ1v) is 9.67. The molecular formula is C18H19N3O5S. The molecule has 0 aromatic heterocycles. The molecule has 1 aliphatic rings. The van der Waals surface area contributed by atoms with Gasteiger partial charge in [-0.2, -0.15) is 0 Å². The Morgan fingerprint density at radius 3 is 2.26 bits per heavy atom. The van der Waals surface area contributed by atoms with Crippen LogP contribution >= 0.6 is 0 Å². The third kappa shape index (κ3) is 4.09. The Hall–Kier alpha value is -2.91. The maximum atomic E-state index is 12.6. The highest BCUT2D eigenvalue weighted by Crippen LogP contribution is 2.29. The Bertz CT molecular complexity index is 987. The number of anilines is 2. The van der Waals surface area contributed by atoms with Gasteiger partial charge in [0.05, 0.1) is 23.4 Å². The average Bonchev–Trinajstić information content (AvgIpc) is 2.77. The maximum absolute atomic E-state index is 12.6. The number of hydrogen-bond acceptors (Lipinski definition) is 5. The molecule has 27 heavy (non-hydrogen) atoms. The lowest BCUT2D eigenvalue weighted by Crippen LogP contribution is -2.28. The molecule has 0 aliphatic carbocycles. The molecule has 0 saturated carbocycles. The Balaban J connectivity index is 1.80. The zero-order valence-electron chi connectivity index (χ0n) is 14.8. The van der Waals surface area contributed by atoms with Crippen molar-refractivity contribution in [2.24, 2.45) is 5.92 Å². The van der Waals surface area contributed by atoms with Gasteiger partial charge in [-0.1, -0.05) is 12.1 Å². The Labute approximate surface area is 157 Å². The zero-order chi connectivity index (χ0) is 19.6. The van der Waals surface area contributed by atoms with Crippen LogP contribution in [0.1, 0.15) is 12.5 Å². The first kappa shape index (κ1) is 18.9. The van der Waals surface area contributed by atoms with Crippen molar-refractivity contribution in [2.45, 2.75) is 18.4 Å². The summed E-state index contributed by atoms with van der Waals surface area (Å²) in [7, 11) is -2.26. The highest BCUT2D eigenvalue weighted by atomic mass is 32.2. The summed E-state index contributed by atoms with van der Waals surface area (Å²) in [5.41, 5.74) is 1.36. The molecule has 9 heteroatoms. The van der Waals surface area contributed by atoms with Crippen LogP contribution in [0.3, 0.4) is 0 Å². The van der Waals surface area contributed by atoms with Gasteiger partial charge in [0, 0.05) is 6.54 Å². The third-order valence-corrected chi connectivity index (χ3v) is 5.63. The smallest absolute Gasteiger partial charge is 0.240 e. The fraction of sp³-hybridized carbons (Fsp3) is 0.222. The SMILES string of the molecule is COc1ccc(CNS(=O)(=O)c2ccc3c(c2)NC(=O)C(C)C(=O)N3)cc1. The highest BCUT2D eigenvalue weighted by molar-refractivity contribution is 7.89. The normalized spacial score (nSPS) is 16.7. The number of hydrogen-bond donors (Lipinski definition) is 3. The zero-order valence-corrected chi connectivity index (χ0v) is 15.6. The molecule has 142 valence electrons. The second kappa shape index (κ2) is 7.37. The molecular weight excluding hydrogens is 370 g/mol. The third-order valence-electron chi connectivity index (χ3n) is 4.23. The summed E-state index contributed by atoms with van der Waals surface area (Å²) >= 11 is 0. The second-order valence-corrected chi connectivity index (χ2v) is 7.85. The summed E-state index contributed by atoms with van der Waals surface area (Å²) in [6.07, 6.45) is 0. The monoisotopic (exact) mass is 389 g/mol. The van der Waals surface area contributed by atoms with E-state index in [0.29, 0.717) is 11.4 Å². The molecule has 3 rings (SSSR count). The van der Waals surface area contributed by atoms with Crippen LogP contribution in [0.4, 0.5) is 11.4 Å². The van der Waals surface area contributed by atoms with Crippen LogP contribution in [0.25, 0.3) is 0 Å². The number of rotatable bonds is 5. The molecule has 2 aromatic carbocycles. The first-order valence-electron chi connectivity index (χ1n) is 8.18. The number of carbonyl (C=O) groups excluding carboxylic acids is 2. The van der Waals surface area contributed by atoms with Crippen LogP contribution in [-0.2, 0) is 26.2 Å². The number of amides is 2. The van der Waals surface area contributed by atoms with Crippen molar-refractivity contribution < 1.29 is 22.7 Å². The molecule has 3 N–H and O–H groups in total. The van der Waals surface area contributed by atoms with Crippen molar-refractivity contribution in [1.82, 2.24) is 4.72 Å². The summed E-state index contributed by atoms with van der Waals surface area (Å²) < 4.78 is 32.7. The number of ether oxygens (including phenoxy) is 1. The Morgan fingerprint density at radius 1 is 1.00 bits per heavy atom. The van der Waals surface area contributed by atoms with Gasteiger partial charge in [-0.3, -0.25) is 9.59 Å². The van der Waals surface area contributed by atoms with Gasteiger partial charge in [0.2, 0.25) is 21.8 Å². The fourth-order valence-electron chi connectivity index (χ4n) is 2.51. The number of carbonyl (C=O) groups is 2. The molecule has 0 radical (unpaired) electrons. The van der Waals surface area contributed by atoms with Crippen LogP contribution in [0, 0.1) is 5.92 Å². The minimum atomic E-state index is -3.81. The molecule has 0 bridgehead atoms. The number of fused-ring (bicyclic) bond motifs is 1. The van der Waals surface area contributed by atoms with E-state index in [1.807, 2.05) is 0 Å². The van der Waals surface area contributed by atoms with Crippen molar-refractivity contribution in [3.8, 4) is 5.75 Å². The molecule has 0 spiro atoms. The lowest BCUT2D eigenvalue weighted by atomic mass is 10.1. The topological polar surface area (TPSA) is 114 Å². The van der Waals surface area contributed by atoms with Crippen molar-refractivity contribution in [3.63, 3.8) is 0 Å². The highest BCUT2D eigenvalue weighted by Gasteiger charge is 2.27. The molecule has 2 aromatic rings. The van der Waals surface area contributed by atoms with Gasteiger partial charge >= 0.3 is 0 Å². The molecule has 1 unspecified atom stereocenters. The van der Waals surface area contributed by atoms with Gasteiger partial charge in [-0.25, -0.2) is 13.1 Å². The van der Waals surface area contributed by atoms with Gasteiger partial charge in [0.25, 0.3) is 0 Å². The van der Waals surface area contributed by atoms with Crippen molar-refractivity contribution in [1.29, 1.82) is 0 Å². The Kier molecular flexibility index (Phi) is 5.15. The van der Waals surface area contributed by atoms with E-state index < -0.39 is 27.8 Å². The maximum Gasteiger partial charge on any atom is 0.240 e. The summed E-state index contributed by atoms with van der Waals surface area (Å²) in [6, 6.07) is 11.1. The minimum Gasteiger partial charge on any atom is -0.497 e. The van der Waals surface area contributed by atoms with Crippen LogP contribution in [0.15, 0.2) is 47.4 Å². The summed E-state index contributed by atoms with van der Waals surface area (Å²) in [5, 5.41) is 5.17. The lowest BCUT2D eigenvalue weighted by molar-refractivity contribution is -0.128. The predicted molar refractivity (Wildman–Crippen MR) is 99.9 cm³/mol.